The Labute approximate surface area is 129 Å². The van der Waals surface area contributed by atoms with Gasteiger partial charge < -0.3 is 15.0 Å². The number of rotatable bonds is 6. The van der Waals surface area contributed by atoms with E-state index in [0.717, 1.165) is 13.0 Å². The number of nitrogens with one attached hydrogen (secondary N) is 1. The number of halogens is 1. The van der Waals surface area contributed by atoms with E-state index in [4.69, 9.17) is 16.3 Å². The lowest BCUT2D eigenvalue weighted by Gasteiger charge is -2.26. The van der Waals surface area contributed by atoms with Crippen LogP contribution < -0.4 is 10.1 Å². The first kappa shape index (κ1) is 16.3. The Hall–Kier alpha value is -1.12. The molecule has 0 aromatic carbocycles. The number of anilines is 1. The van der Waals surface area contributed by atoms with Crippen LogP contribution in [0.3, 0.4) is 0 Å². The Morgan fingerprint density at radius 1 is 1.43 bits per heavy atom. The van der Waals surface area contributed by atoms with Gasteiger partial charge in [-0.3, -0.25) is 0 Å². The van der Waals surface area contributed by atoms with E-state index in [1.807, 2.05) is 0 Å². The highest BCUT2D eigenvalue weighted by molar-refractivity contribution is 7.91. The first-order valence-electron chi connectivity index (χ1n) is 6.73. The Balaban J connectivity index is 1.73. The normalized spacial score (nSPS) is 18.4. The average molecular weight is 335 g/mol. The van der Waals surface area contributed by atoms with E-state index < -0.39 is 9.84 Å². The summed E-state index contributed by atoms with van der Waals surface area (Å²) in [5.41, 5.74) is 0. The molecule has 0 bridgehead atoms. The minimum atomic E-state index is -2.81. The van der Waals surface area contributed by atoms with Crippen molar-refractivity contribution in [3.63, 3.8) is 0 Å². The third-order valence-corrected chi connectivity index (χ3v) is 5.17. The summed E-state index contributed by atoms with van der Waals surface area (Å²) in [5.74, 6) is 1.06. The summed E-state index contributed by atoms with van der Waals surface area (Å²) in [7, 11) is -1.31. The SMILES string of the molecule is COc1ncc(Cl)c(NCCCN2CCS(=O)(=O)CC2)n1. The zero-order valence-electron chi connectivity index (χ0n) is 11.9. The van der Waals surface area contributed by atoms with Crippen LogP contribution in [-0.2, 0) is 9.84 Å². The summed E-state index contributed by atoms with van der Waals surface area (Å²) < 4.78 is 27.6. The lowest BCUT2D eigenvalue weighted by Crippen LogP contribution is -2.41. The Morgan fingerprint density at radius 3 is 2.81 bits per heavy atom. The van der Waals surface area contributed by atoms with Crippen LogP contribution in [0.1, 0.15) is 6.42 Å². The number of ether oxygens (including phenoxy) is 1. The molecule has 0 spiro atoms. The minimum Gasteiger partial charge on any atom is -0.467 e. The molecule has 0 amide bonds. The summed E-state index contributed by atoms with van der Waals surface area (Å²) in [6.07, 6.45) is 2.37. The largest absolute Gasteiger partial charge is 0.467 e. The van der Waals surface area contributed by atoms with Crippen LogP contribution >= 0.6 is 11.6 Å². The molecule has 1 aliphatic heterocycles. The summed E-state index contributed by atoms with van der Waals surface area (Å²) >= 11 is 5.99. The van der Waals surface area contributed by atoms with Gasteiger partial charge in [0.1, 0.15) is 5.02 Å². The molecule has 0 saturated carbocycles. The van der Waals surface area contributed by atoms with Gasteiger partial charge in [-0.25, -0.2) is 13.4 Å². The third kappa shape index (κ3) is 4.98. The highest BCUT2D eigenvalue weighted by Gasteiger charge is 2.20. The van der Waals surface area contributed by atoms with Gasteiger partial charge in [-0.2, -0.15) is 4.98 Å². The van der Waals surface area contributed by atoms with Crippen LogP contribution in [0.25, 0.3) is 0 Å². The average Bonchev–Trinajstić information content (AvgIpc) is 2.46. The second kappa shape index (κ2) is 7.24. The fraction of sp³-hybridized carbons (Fsp3) is 0.667. The van der Waals surface area contributed by atoms with Gasteiger partial charge in [0.25, 0.3) is 0 Å². The van der Waals surface area contributed by atoms with Crippen molar-refractivity contribution in [1.82, 2.24) is 14.9 Å². The lowest BCUT2D eigenvalue weighted by molar-refractivity contribution is 0.294. The smallest absolute Gasteiger partial charge is 0.318 e. The summed E-state index contributed by atoms with van der Waals surface area (Å²) in [5, 5.41) is 3.58. The summed E-state index contributed by atoms with van der Waals surface area (Å²) in [6, 6.07) is 0.267. The quantitative estimate of drug-likeness (QED) is 0.765. The first-order chi connectivity index (χ1) is 10.00. The van der Waals surface area contributed by atoms with E-state index in [-0.39, 0.29) is 17.5 Å². The Bertz CT molecular complexity index is 568. The van der Waals surface area contributed by atoms with E-state index in [0.29, 0.717) is 30.5 Å². The zero-order valence-corrected chi connectivity index (χ0v) is 13.5. The van der Waals surface area contributed by atoms with Crippen molar-refractivity contribution in [2.75, 3.05) is 50.1 Å². The molecule has 1 N–H and O–H groups in total. The molecular formula is C12H19ClN4O3S. The fourth-order valence-corrected chi connectivity index (χ4v) is 3.49. The second-order valence-corrected chi connectivity index (χ2v) is 7.54. The topological polar surface area (TPSA) is 84.4 Å². The van der Waals surface area contributed by atoms with Crippen LogP contribution in [0.4, 0.5) is 5.82 Å². The maximum atomic E-state index is 11.3. The number of sulfone groups is 1. The van der Waals surface area contributed by atoms with Crippen molar-refractivity contribution in [3.05, 3.63) is 11.2 Å². The van der Waals surface area contributed by atoms with Crippen LogP contribution in [0, 0.1) is 0 Å². The van der Waals surface area contributed by atoms with E-state index in [1.54, 1.807) is 0 Å². The highest BCUT2D eigenvalue weighted by Crippen LogP contribution is 2.19. The number of hydrogen-bond acceptors (Lipinski definition) is 7. The van der Waals surface area contributed by atoms with Crippen molar-refractivity contribution in [1.29, 1.82) is 0 Å². The number of nitrogens with zero attached hydrogens (tertiary/aromatic N) is 3. The van der Waals surface area contributed by atoms with E-state index >= 15 is 0 Å². The van der Waals surface area contributed by atoms with Gasteiger partial charge in [0, 0.05) is 19.6 Å². The molecule has 7 nitrogen and oxygen atoms in total. The minimum absolute atomic E-state index is 0.259. The monoisotopic (exact) mass is 334 g/mol. The van der Waals surface area contributed by atoms with Crippen molar-refractivity contribution in [2.24, 2.45) is 0 Å². The summed E-state index contributed by atoms with van der Waals surface area (Å²) in [4.78, 5) is 10.2. The third-order valence-electron chi connectivity index (χ3n) is 3.29. The molecule has 0 aliphatic carbocycles. The molecule has 1 aromatic rings. The molecule has 0 atom stereocenters. The van der Waals surface area contributed by atoms with Gasteiger partial charge in [-0.05, 0) is 13.0 Å². The molecule has 2 heterocycles. The lowest BCUT2D eigenvalue weighted by atomic mass is 10.3. The van der Waals surface area contributed by atoms with E-state index in [1.165, 1.54) is 13.3 Å². The van der Waals surface area contributed by atoms with Crippen molar-refractivity contribution >= 4 is 27.3 Å². The molecule has 118 valence electrons. The maximum absolute atomic E-state index is 11.3. The Kier molecular flexibility index (Phi) is 5.60. The Morgan fingerprint density at radius 2 is 2.14 bits per heavy atom. The van der Waals surface area contributed by atoms with Gasteiger partial charge in [0.2, 0.25) is 0 Å². The molecule has 0 radical (unpaired) electrons. The molecule has 1 aromatic heterocycles. The van der Waals surface area contributed by atoms with Crippen molar-refractivity contribution in [2.45, 2.75) is 6.42 Å². The molecule has 1 saturated heterocycles. The van der Waals surface area contributed by atoms with Gasteiger partial charge >= 0.3 is 6.01 Å². The molecule has 0 unspecified atom stereocenters. The second-order valence-electron chi connectivity index (χ2n) is 4.83. The van der Waals surface area contributed by atoms with Crippen LogP contribution in [0.15, 0.2) is 6.20 Å². The summed E-state index contributed by atoms with van der Waals surface area (Å²) in [6.45, 7) is 2.78. The highest BCUT2D eigenvalue weighted by atomic mass is 35.5. The standard InChI is InChI=1S/C12H19ClN4O3S/c1-20-12-15-9-10(13)11(16-12)14-3-2-4-17-5-7-21(18,19)8-6-17/h9H,2-8H2,1H3,(H,14,15,16). The van der Waals surface area contributed by atoms with Gasteiger partial charge in [-0.15, -0.1) is 0 Å². The van der Waals surface area contributed by atoms with Gasteiger partial charge in [0.15, 0.2) is 15.7 Å². The number of hydrogen-bond donors (Lipinski definition) is 1. The van der Waals surface area contributed by atoms with Crippen LogP contribution in [0.2, 0.25) is 5.02 Å². The first-order valence-corrected chi connectivity index (χ1v) is 8.93. The van der Waals surface area contributed by atoms with Gasteiger partial charge in [-0.1, -0.05) is 11.6 Å². The zero-order chi connectivity index (χ0) is 15.3. The molecule has 1 aliphatic rings. The molecule has 2 rings (SSSR count). The molecular weight excluding hydrogens is 316 g/mol. The van der Waals surface area contributed by atoms with Crippen molar-refractivity contribution in [3.8, 4) is 6.01 Å². The number of aromatic nitrogens is 2. The predicted octanol–water partition coefficient (Wildman–Crippen LogP) is 0.671. The number of methoxy groups -OCH3 is 1. The van der Waals surface area contributed by atoms with Gasteiger partial charge in [0.05, 0.1) is 24.8 Å². The van der Waals surface area contributed by atoms with E-state index in [9.17, 15) is 8.42 Å². The molecule has 1 fully saturated rings. The van der Waals surface area contributed by atoms with Crippen molar-refractivity contribution < 1.29 is 13.2 Å². The fourth-order valence-electron chi connectivity index (χ4n) is 2.06. The maximum Gasteiger partial charge on any atom is 0.318 e. The molecule has 9 heteroatoms. The van der Waals surface area contributed by atoms with E-state index in [2.05, 4.69) is 20.2 Å². The predicted molar refractivity (Wildman–Crippen MR) is 81.8 cm³/mol. The van der Waals surface area contributed by atoms with Crippen LogP contribution in [0.5, 0.6) is 6.01 Å². The van der Waals surface area contributed by atoms with Crippen LogP contribution in [-0.4, -0.2) is 68.1 Å². The molecule has 21 heavy (non-hydrogen) atoms.